The number of thiocarbonyl (C=S) groups is 2. The molecule has 1 amide bonds. The number of amides is 1. The van der Waals surface area contributed by atoms with E-state index in [0.717, 1.165) is 53.8 Å². The molecule has 1 fully saturated rings. The number of aliphatic hydroxyl groups excluding tert-OH is 3. The second kappa shape index (κ2) is 70.5. The number of nitrogens with zero attached hydrogens (tertiary/aromatic N) is 6. The zero-order valence-corrected chi connectivity index (χ0v) is 79.3. The largest absolute Gasteiger partial charge is 0.478 e. The molecule has 0 spiro atoms. The number of hydrogen-bond acceptors (Lipinski definition) is 18. The Morgan fingerprint density at radius 1 is 0.643 bits per heavy atom. The van der Waals surface area contributed by atoms with E-state index in [2.05, 4.69) is 228 Å². The van der Waals surface area contributed by atoms with Crippen molar-refractivity contribution in [3.63, 3.8) is 0 Å². The van der Waals surface area contributed by atoms with Crippen molar-refractivity contribution in [1.82, 2.24) is 56.4 Å². The first-order valence-corrected chi connectivity index (χ1v) is 41.4. The van der Waals surface area contributed by atoms with E-state index in [1.807, 2.05) is 86.1 Å². The van der Waals surface area contributed by atoms with E-state index in [-0.39, 0.29) is 36.0 Å². The van der Waals surface area contributed by atoms with Crippen LogP contribution >= 0.6 is 83.4 Å². The van der Waals surface area contributed by atoms with E-state index >= 15 is 0 Å². The summed E-state index contributed by atoms with van der Waals surface area (Å²) in [6.07, 6.45) is 4.61. The summed E-state index contributed by atoms with van der Waals surface area (Å²) < 4.78 is 21.9. The molecule has 0 unspecified atom stereocenters. The van der Waals surface area contributed by atoms with Crippen LogP contribution in [-0.2, 0) is 4.74 Å². The number of hydrogen-bond donors (Lipinski definition) is 13. The number of alkyl halides is 2. The number of ether oxygens (including phenoxy) is 1. The van der Waals surface area contributed by atoms with Gasteiger partial charge in [-0.25, -0.2) is 10.6 Å². The average molecular weight is 1710 g/mol. The molecule has 1 saturated heterocycles. The summed E-state index contributed by atoms with van der Waals surface area (Å²) in [7, 11) is 2.25. The molecule has 7 rings (SSSR count). The fraction of sp³-hybridized carbons (Fsp3) is 0.598. The number of carboxylic acids is 1. The molecule has 112 heavy (non-hydrogen) atoms. The number of thiocyanates is 1. The first-order valence-electron chi connectivity index (χ1n) is 38.7. The summed E-state index contributed by atoms with van der Waals surface area (Å²) in [6, 6.07) is 18.0. The van der Waals surface area contributed by atoms with E-state index < -0.39 is 5.97 Å². The third kappa shape index (κ3) is 49.8. The molecule has 1 aliphatic heterocycles. The zero-order chi connectivity index (χ0) is 89.7. The topological polar surface area (TPSA) is 382 Å². The molecule has 23 nitrogen and oxygen atoms in total. The summed E-state index contributed by atoms with van der Waals surface area (Å²) in [5.74, 6) is 15.6. The number of aliphatic hydroxyl groups is 3. The fourth-order valence-electron chi connectivity index (χ4n) is 10.4. The Bertz CT molecular complexity index is 3630. The van der Waals surface area contributed by atoms with Crippen LogP contribution in [0.25, 0.3) is 22.8 Å². The normalized spacial score (nSPS) is 10.6. The van der Waals surface area contributed by atoms with Gasteiger partial charge in [-0.15, -0.1) is 33.4 Å². The van der Waals surface area contributed by atoms with Crippen molar-refractivity contribution in [2.45, 2.75) is 286 Å². The molecule has 2 aromatic heterocycles. The van der Waals surface area contributed by atoms with Gasteiger partial charge in [-0.05, 0) is 307 Å². The fourth-order valence-corrected chi connectivity index (χ4v) is 12.1. The molecule has 30 heteroatoms. The average Bonchev–Trinajstić information content (AvgIpc) is 1.60. The summed E-state index contributed by atoms with van der Waals surface area (Å²) in [5.41, 5.74) is 25.6. The third-order valence-electron chi connectivity index (χ3n) is 14.9. The number of aromatic nitrogens is 6. The number of nitrogens with one attached hydrogen (secondary N) is 6. The monoisotopic (exact) mass is 1700 g/mol. The zero-order valence-electron chi connectivity index (χ0n) is 75.7. The van der Waals surface area contributed by atoms with Crippen LogP contribution in [0, 0.1) is 70.8 Å². The van der Waals surface area contributed by atoms with Crippen molar-refractivity contribution in [2.24, 2.45) is 17.5 Å². The van der Waals surface area contributed by atoms with Gasteiger partial charge in [-0.1, -0.05) is 126 Å². The number of aromatic amines is 1. The molecule has 18 N–H and O–H groups in total. The molecule has 0 atom stereocenters. The SMILES string of the molecule is C1CCOC1.CC(C)NC(=S)NN.CC(C)SC#N.CCO.CCO.CO.CSc1nnc(-c2cc(C(C)C)c(C)cc2C)n1C(C)C.Cc1cc(C)c(C(C)C)cc1-c1n[nH]c(=S)n1C(C)C.Cc1cc(C)c(C(C)C)cc1C(=O)NNC(=S)NC(C)C.Cc1cc(C)c(C(C)C)cc1C(=O)O.ClCCl.NN.O.[2H]CC.[3H]C. The molecule has 0 saturated carbocycles. The second-order valence-electron chi connectivity index (χ2n) is 27.1. The van der Waals surface area contributed by atoms with Crippen molar-refractivity contribution in [3.8, 4) is 28.2 Å². The molecular formula is C82H149Cl2N15O8S5. The van der Waals surface area contributed by atoms with Crippen LogP contribution in [0.15, 0.2) is 53.7 Å². The van der Waals surface area contributed by atoms with Crippen molar-refractivity contribution >= 4 is 105 Å². The van der Waals surface area contributed by atoms with Crippen LogP contribution in [0.4, 0.5) is 0 Å². The maximum atomic E-state index is 12.3. The first-order chi connectivity index (χ1) is 52.9. The van der Waals surface area contributed by atoms with Gasteiger partial charge in [0.1, 0.15) is 5.40 Å². The Morgan fingerprint density at radius 2 is 0.982 bits per heavy atom. The van der Waals surface area contributed by atoms with Gasteiger partial charge in [0.2, 0.25) is 0 Å². The number of nitrogens with two attached hydrogens (primary N) is 3. The van der Waals surface area contributed by atoms with Gasteiger partial charge in [0, 0.05) is 82.4 Å². The highest BCUT2D eigenvalue weighted by molar-refractivity contribution is 8.04. The van der Waals surface area contributed by atoms with Gasteiger partial charge in [0.25, 0.3) is 5.91 Å². The Morgan fingerprint density at radius 3 is 1.27 bits per heavy atom. The molecular weight excluding hydrogens is 1550 g/mol. The van der Waals surface area contributed by atoms with Crippen LogP contribution in [0.1, 0.15) is 299 Å². The van der Waals surface area contributed by atoms with Gasteiger partial charge in [-0.2, -0.15) is 10.4 Å². The molecule has 0 radical (unpaired) electrons. The minimum atomic E-state index is -0.843. The number of aryl methyl sites for hydroxylation is 8. The van der Waals surface area contributed by atoms with Gasteiger partial charge in [0.15, 0.2) is 31.8 Å². The lowest BCUT2D eigenvalue weighted by molar-refractivity contribution is 0.0695. The van der Waals surface area contributed by atoms with E-state index in [1.165, 1.54) is 93.2 Å². The Balaban J connectivity index is -0.000000191. The number of carbonyl (C=O) groups is 2. The minimum absolute atomic E-state index is 0. The second-order valence-corrected chi connectivity index (χ2v) is 31.2. The summed E-state index contributed by atoms with van der Waals surface area (Å²) in [6.45, 7) is 62.5. The van der Waals surface area contributed by atoms with Crippen LogP contribution in [0.5, 0.6) is 0 Å². The van der Waals surface area contributed by atoms with E-state index in [1.54, 1.807) is 38.6 Å². The summed E-state index contributed by atoms with van der Waals surface area (Å²) >= 11 is 27.6. The molecule has 6 aromatic rings. The predicted molar refractivity (Wildman–Crippen MR) is 493 cm³/mol. The van der Waals surface area contributed by atoms with Crippen molar-refractivity contribution in [2.75, 3.05) is 45.1 Å². The predicted octanol–water partition coefficient (Wildman–Crippen LogP) is 18.8. The molecule has 4 aromatic carbocycles. The highest BCUT2D eigenvalue weighted by atomic mass is 35.5. The smallest absolute Gasteiger partial charge is 0.335 e. The number of nitriles is 1. The minimum Gasteiger partial charge on any atom is -0.478 e. The van der Waals surface area contributed by atoms with E-state index in [4.69, 9.17) is 86.6 Å². The molecule has 1 aliphatic rings. The number of aromatic carboxylic acids is 1. The highest BCUT2D eigenvalue weighted by Crippen LogP contribution is 2.34. The number of rotatable bonds is 14. The van der Waals surface area contributed by atoms with Gasteiger partial charge in [0.05, 0.1) is 10.9 Å². The Labute approximate surface area is 713 Å². The number of halogens is 2. The highest BCUT2D eigenvalue weighted by Gasteiger charge is 2.21. The number of carboxylic acid groups (broad SMARTS) is 1. The number of carbonyl (C=O) groups excluding carboxylic acids is 1. The number of hydrazine groups is 3. The summed E-state index contributed by atoms with van der Waals surface area (Å²) in [5, 5.41) is 65.6. The quantitative estimate of drug-likeness (QED) is 0.0120. The van der Waals surface area contributed by atoms with Gasteiger partial charge < -0.3 is 46.7 Å². The lowest BCUT2D eigenvalue weighted by Crippen LogP contribution is -2.48. The molecule has 644 valence electrons. The first kappa shape index (κ1) is 117. The third-order valence-corrected chi connectivity index (χ3v) is 16.8. The maximum absolute atomic E-state index is 12.3. The van der Waals surface area contributed by atoms with Crippen molar-refractivity contribution < 1.29 is 43.0 Å². The standard InChI is InChI=1S/C17H25N3S.C16H25N3OS.C16H23N3S.C12H16O2.C4H11N3S.C4H7NS.C4H8O.2C2H6O.C2H6.CH2Cl2.CH4O.CH4.H4N2.H2O/c1-10(2)14-9-15(13(6)8-12(14)5)16-18-19-17(21-7)20(16)11(3)4;1-9(2)13-8-14(12(6)7-11(13)5)15(20)18-19-16(21)17-10(3)4;1-9(2)13-8-14(12(6)7-11(13)5)15-17-18-16(20)19(15)10(3)4;1-7(2)10-6-11(12(13)14)9(4)5-8(10)3;1-3(2)6-4(8)7-5;1-4(2)6-3-5;1-2-4-5-3-1;2*1-2-3;1-2;2-1-3;1-2;;1-2;/h8-11H,1-7H3;7-10H,1-6H3,(H,18,20)(H2,17,19,21);7-10H,1-6H3,(H,18,20);5-7H,1-4H3,(H,13,14);3H,5H2,1-2H3,(H2,6,7,8);4H,1-2H3;1-4H2;2*3H,2H2,1H3;1-2H3;1H2;2H,1H3;1H4;1-2H2;1H2/i;;;;;;;;;1D;;;1T;;. The molecule has 0 aliphatic carbocycles. The van der Waals surface area contributed by atoms with Crippen LogP contribution < -0.4 is 44.4 Å². The van der Waals surface area contributed by atoms with Crippen molar-refractivity contribution in [3.05, 3.63) is 131 Å². The number of H-pyrrole nitrogens is 1. The maximum Gasteiger partial charge on any atom is 0.335 e. The van der Waals surface area contributed by atoms with Crippen molar-refractivity contribution in [1.29, 1.82) is 5.26 Å². The van der Waals surface area contributed by atoms with Crippen LogP contribution in [-0.4, -0.2) is 140 Å². The van der Waals surface area contributed by atoms with Gasteiger partial charge in [-0.3, -0.25) is 41.6 Å². The number of thioether (sulfide) groups is 2. The number of benzene rings is 4. The van der Waals surface area contributed by atoms with E-state index in [9.17, 15) is 9.59 Å². The molecule has 3 heterocycles. The van der Waals surface area contributed by atoms with Crippen LogP contribution in [0.2, 0.25) is 0 Å². The van der Waals surface area contributed by atoms with Gasteiger partial charge >= 0.3 is 5.97 Å². The lowest BCUT2D eigenvalue weighted by Gasteiger charge is -2.17. The Kier molecular flexibility index (Phi) is 73.7. The Hall–Kier alpha value is -5.85. The molecule has 0 bridgehead atoms. The van der Waals surface area contributed by atoms with Crippen LogP contribution in [0.3, 0.4) is 0 Å². The van der Waals surface area contributed by atoms with E-state index in [0.29, 0.717) is 80.1 Å². The lowest BCUT2D eigenvalue weighted by atomic mass is 9.92. The summed E-state index contributed by atoms with van der Waals surface area (Å²) in [4.78, 5) is 23.2.